The number of rotatable bonds is 4. The minimum atomic E-state index is 0.0295. The van der Waals surface area contributed by atoms with E-state index >= 15 is 0 Å². The number of para-hydroxylation sites is 1. The summed E-state index contributed by atoms with van der Waals surface area (Å²) in [7, 11) is 0. The maximum atomic E-state index is 5.66. The molecule has 1 aliphatic heterocycles. The van der Waals surface area contributed by atoms with Crippen molar-refractivity contribution in [1.82, 2.24) is 19.8 Å². The van der Waals surface area contributed by atoms with Gasteiger partial charge in [-0.15, -0.1) is 0 Å². The van der Waals surface area contributed by atoms with E-state index < -0.39 is 0 Å². The molecule has 1 fully saturated rings. The third kappa shape index (κ3) is 3.14. The lowest BCUT2D eigenvalue weighted by Gasteiger charge is -2.27. The minimum Gasteiger partial charge on any atom is -0.352 e. The second kappa shape index (κ2) is 7.68. The highest BCUT2D eigenvalue weighted by atomic mass is 79.9. The van der Waals surface area contributed by atoms with Gasteiger partial charge in [-0.3, -0.25) is 4.98 Å². The Bertz CT molecular complexity index is 1010. The molecule has 0 aliphatic carbocycles. The molecule has 1 N–H and O–H groups in total. The van der Waals surface area contributed by atoms with Gasteiger partial charge in [0.15, 0.2) is 5.11 Å². The van der Waals surface area contributed by atoms with Crippen molar-refractivity contribution in [3.05, 3.63) is 81.8 Å². The first-order valence-electron chi connectivity index (χ1n) is 9.44. The van der Waals surface area contributed by atoms with E-state index in [2.05, 4.69) is 86.8 Å². The highest BCUT2D eigenvalue weighted by Crippen LogP contribution is 2.41. The van der Waals surface area contributed by atoms with E-state index in [-0.39, 0.29) is 12.1 Å². The predicted molar refractivity (Wildman–Crippen MR) is 121 cm³/mol. The number of nitrogens with zero attached hydrogens (tertiary/aromatic N) is 3. The van der Waals surface area contributed by atoms with Crippen LogP contribution >= 0.6 is 28.1 Å². The van der Waals surface area contributed by atoms with E-state index in [1.54, 1.807) is 0 Å². The normalized spacial score (nSPS) is 19.1. The molecule has 4 nitrogen and oxygen atoms in total. The molecule has 1 saturated heterocycles. The molecular formula is C22H23BrN4S. The summed E-state index contributed by atoms with van der Waals surface area (Å²) in [6.45, 7) is 7.34. The fourth-order valence-corrected chi connectivity index (χ4v) is 5.01. The molecule has 28 heavy (non-hydrogen) atoms. The van der Waals surface area contributed by atoms with Crippen LogP contribution < -0.4 is 5.32 Å². The Labute approximate surface area is 179 Å². The number of pyridine rings is 1. The Morgan fingerprint density at radius 3 is 2.57 bits per heavy atom. The first-order chi connectivity index (χ1) is 13.5. The van der Waals surface area contributed by atoms with Gasteiger partial charge in [0.05, 0.1) is 23.5 Å². The summed E-state index contributed by atoms with van der Waals surface area (Å²) < 4.78 is 3.39. The average Bonchev–Trinajstić information content (AvgIpc) is 3.18. The molecular weight excluding hydrogens is 432 g/mol. The topological polar surface area (TPSA) is 33.1 Å². The van der Waals surface area contributed by atoms with Crippen molar-refractivity contribution >= 4 is 33.3 Å². The predicted octanol–water partition coefficient (Wildman–Crippen LogP) is 5.24. The summed E-state index contributed by atoms with van der Waals surface area (Å²) in [6, 6.07) is 16.8. The van der Waals surface area contributed by atoms with E-state index in [1.807, 2.05) is 24.4 Å². The Morgan fingerprint density at radius 1 is 1.14 bits per heavy atom. The molecule has 0 unspecified atom stereocenters. The first-order valence-corrected chi connectivity index (χ1v) is 10.6. The van der Waals surface area contributed by atoms with Crippen molar-refractivity contribution in [1.29, 1.82) is 0 Å². The van der Waals surface area contributed by atoms with Crippen LogP contribution in [0.25, 0.3) is 5.69 Å². The summed E-state index contributed by atoms with van der Waals surface area (Å²) in [5, 5.41) is 4.29. The van der Waals surface area contributed by atoms with Crippen molar-refractivity contribution in [2.45, 2.75) is 32.9 Å². The van der Waals surface area contributed by atoms with Gasteiger partial charge in [-0.1, -0.05) is 18.2 Å². The molecule has 4 rings (SSSR count). The van der Waals surface area contributed by atoms with Gasteiger partial charge in [-0.05, 0) is 84.8 Å². The number of aromatic nitrogens is 2. The van der Waals surface area contributed by atoms with Crippen LogP contribution in [0.15, 0.2) is 59.2 Å². The molecule has 0 saturated carbocycles. The number of thiocarbonyl (C=S) groups is 1. The molecule has 2 aromatic heterocycles. The molecule has 0 amide bonds. The Hall–Kier alpha value is -2.18. The van der Waals surface area contributed by atoms with Crippen molar-refractivity contribution in [2.75, 3.05) is 6.54 Å². The third-order valence-electron chi connectivity index (χ3n) is 5.42. The summed E-state index contributed by atoms with van der Waals surface area (Å²) in [5.41, 5.74) is 5.86. The quantitative estimate of drug-likeness (QED) is 0.546. The fourth-order valence-electron chi connectivity index (χ4n) is 4.18. The van der Waals surface area contributed by atoms with Crippen LogP contribution in [0.4, 0.5) is 0 Å². The number of likely N-dealkylation sites (N-methyl/N-ethyl adjacent to an activating group) is 1. The Balaban J connectivity index is 1.85. The van der Waals surface area contributed by atoms with Gasteiger partial charge in [0.2, 0.25) is 0 Å². The lowest BCUT2D eigenvalue weighted by atomic mass is 9.97. The van der Waals surface area contributed by atoms with E-state index in [0.717, 1.165) is 27.5 Å². The van der Waals surface area contributed by atoms with Gasteiger partial charge in [-0.2, -0.15) is 0 Å². The molecule has 3 aromatic rings. The van der Waals surface area contributed by atoms with Crippen molar-refractivity contribution in [2.24, 2.45) is 0 Å². The molecule has 144 valence electrons. The second-order valence-corrected chi connectivity index (χ2v) is 8.27. The number of benzene rings is 1. The number of nitrogens with one attached hydrogen (secondary N) is 1. The largest absolute Gasteiger partial charge is 0.352 e. The zero-order valence-electron chi connectivity index (χ0n) is 16.2. The molecule has 0 bridgehead atoms. The highest BCUT2D eigenvalue weighted by molar-refractivity contribution is 9.10. The molecule has 6 heteroatoms. The Morgan fingerprint density at radius 2 is 1.89 bits per heavy atom. The third-order valence-corrected chi connectivity index (χ3v) is 6.44. The van der Waals surface area contributed by atoms with Crippen LogP contribution in [0.2, 0.25) is 0 Å². The first kappa shape index (κ1) is 19.2. The average molecular weight is 455 g/mol. The van der Waals surface area contributed by atoms with E-state index in [1.165, 1.54) is 17.0 Å². The van der Waals surface area contributed by atoms with E-state index in [0.29, 0.717) is 0 Å². The van der Waals surface area contributed by atoms with Gasteiger partial charge in [-0.25, -0.2) is 0 Å². The van der Waals surface area contributed by atoms with E-state index in [4.69, 9.17) is 12.2 Å². The van der Waals surface area contributed by atoms with Gasteiger partial charge in [0, 0.05) is 28.6 Å². The summed E-state index contributed by atoms with van der Waals surface area (Å²) in [6.07, 6.45) is 1.84. The highest BCUT2D eigenvalue weighted by Gasteiger charge is 2.40. The van der Waals surface area contributed by atoms with Crippen LogP contribution in [0.1, 0.15) is 41.7 Å². The maximum Gasteiger partial charge on any atom is 0.170 e. The standard InChI is InChI=1S/C22H23BrN4S/c1-4-26-21(20(25-22(26)28)18-10-7-8-12-24-18)16-13-14(2)27(15(16)3)19-11-6-5-9-17(19)23/h5-13,20-21H,4H2,1-3H3,(H,25,28)/t20-,21-/m0/s1. The Kier molecular flexibility index (Phi) is 5.25. The lowest BCUT2D eigenvalue weighted by Crippen LogP contribution is -2.29. The minimum absolute atomic E-state index is 0.0295. The summed E-state index contributed by atoms with van der Waals surface area (Å²) >= 11 is 9.37. The molecule has 0 spiro atoms. The molecule has 0 radical (unpaired) electrons. The van der Waals surface area contributed by atoms with E-state index in [9.17, 15) is 0 Å². The maximum absolute atomic E-state index is 5.66. The van der Waals surface area contributed by atoms with Gasteiger partial charge in [0.25, 0.3) is 0 Å². The molecule has 1 aliphatic rings. The monoisotopic (exact) mass is 454 g/mol. The van der Waals surface area contributed by atoms with Crippen LogP contribution in [0.5, 0.6) is 0 Å². The molecule has 1 aromatic carbocycles. The van der Waals surface area contributed by atoms with Crippen LogP contribution in [-0.4, -0.2) is 26.1 Å². The van der Waals surface area contributed by atoms with Gasteiger partial charge < -0.3 is 14.8 Å². The SMILES string of the molecule is CCN1C(=S)N[C@@H](c2ccccn2)[C@@H]1c1cc(C)n(-c2ccccc2Br)c1C. The lowest BCUT2D eigenvalue weighted by molar-refractivity contribution is 0.329. The number of aryl methyl sites for hydroxylation is 1. The molecule has 2 atom stereocenters. The van der Waals surface area contributed by atoms with Gasteiger partial charge >= 0.3 is 0 Å². The van der Waals surface area contributed by atoms with Crippen molar-refractivity contribution in [3.8, 4) is 5.69 Å². The summed E-state index contributed by atoms with van der Waals surface area (Å²) in [5.74, 6) is 0. The molecule has 3 heterocycles. The van der Waals surface area contributed by atoms with Crippen molar-refractivity contribution in [3.63, 3.8) is 0 Å². The van der Waals surface area contributed by atoms with Crippen molar-refractivity contribution < 1.29 is 0 Å². The van der Waals surface area contributed by atoms with Gasteiger partial charge in [0.1, 0.15) is 0 Å². The summed E-state index contributed by atoms with van der Waals surface area (Å²) in [4.78, 5) is 6.87. The fraction of sp³-hybridized carbons (Fsp3) is 0.273. The smallest absolute Gasteiger partial charge is 0.170 e. The van der Waals surface area contributed by atoms with Crippen LogP contribution in [0.3, 0.4) is 0 Å². The van der Waals surface area contributed by atoms with Crippen LogP contribution in [0, 0.1) is 13.8 Å². The second-order valence-electron chi connectivity index (χ2n) is 7.03. The zero-order valence-corrected chi connectivity index (χ0v) is 18.6. The van der Waals surface area contributed by atoms with Crippen LogP contribution in [-0.2, 0) is 0 Å². The zero-order chi connectivity index (χ0) is 19.8. The number of hydrogen-bond donors (Lipinski definition) is 1. The number of halogens is 1. The number of hydrogen-bond acceptors (Lipinski definition) is 2.